The molecule has 6 nitrogen and oxygen atoms in total. The lowest BCUT2D eigenvalue weighted by atomic mass is 10.0. The molecular weight excluding hydrogens is 487 g/mol. The Labute approximate surface area is 220 Å². The van der Waals surface area contributed by atoms with E-state index < -0.39 is 4.87 Å². The third kappa shape index (κ3) is 3.90. The van der Waals surface area contributed by atoms with E-state index in [1.165, 1.54) is 17.8 Å². The van der Waals surface area contributed by atoms with Crippen molar-refractivity contribution in [2.24, 2.45) is 0 Å². The van der Waals surface area contributed by atoms with Crippen molar-refractivity contribution in [2.45, 2.75) is 18.7 Å². The molecule has 2 saturated heterocycles. The van der Waals surface area contributed by atoms with Crippen LogP contribution in [0.4, 0.5) is 21.5 Å². The smallest absolute Gasteiger partial charge is 0.269 e. The van der Waals surface area contributed by atoms with E-state index >= 15 is 0 Å². The second-order valence-corrected chi connectivity index (χ2v) is 11.1. The van der Waals surface area contributed by atoms with Gasteiger partial charge in [-0.25, -0.2) is 4.39 Å². The van der Waals surface area contributed by atoms with Crippen molar-refractivity contribution in [1.29, 1.82) is 0 Å². The van der Waals surface area contributed by atoms with Gasteiger partial charge in [-0.1, -0.05) is 36.4 Å². The molecule has 0 saturated carbocycles. The van der Waals surface area contributed by atoms with Crippen LogP contribution in [0.15, 0.2) is 66.7 Å². The van der Waals surface area contributed by atoms with Gasteiger partial charge in [0.2, 0.25) is 10.8 Å². The fraction of sp³-hybridized carbons (Fsp3) is 0.310. The van der Waals surface area contributed by atoms with Crippen molar-refractivity contribution in [3.63, 3.8) is 0 Å². The highest BCUT2D eigenvalue weighted by atomic mass is 32.2. The molecule has 3 aromatic carbocycles. The average molecular weight is 517 g/mol. The Hall–Kier alpha value is -3.36. The molecule has 0 aliphatic carbocycles. The van der Waals surface area contributed by atoms with Gasteiger partial charge in [0.25, 0.3) is 5.91 Å². The first-order valence-electron chi connectivity index (χ1n) is 12.6. The molecule has 3 heterocycles. The Morgan fingerprint density at radius 3 is 2.22 bits per heavy atom. The second-order valence-electron chi connectivity index (χ2n) is 9.96. The standard InChI is InChI=1S/C29H29FN4O2S/c1-20-15-21(2)17-22(16-20)34-27(35)18-37-29(34)23-7-3-5-9-25(23)33(28(29)36)19-31-11-13-32(14-12-31)26-10-6-4-8-24(26)30/h3-10,15-17H,11-14,18-19H2,1-2H3/t29-/m1/s1. The zero-order valence-corrected chi connectivity index (χ0v) is 21.8. The van der Waals surface area contributed by atoms with Gasteiger partial charge in [0.1, 0.15) is 5.82 Å². The number of para-hydroxylation sites is 2. The highest BCUT2D eigenvalue weighted by Gasteiger charge is 2.61. The van der Waals surface area contributed by atoms with Gasteiger partial charge >= 0.3 is 0 Å². The summed E-state index contributed by atoms with van der Waals surface area (Å²) in [6.45, 7) is 7.22. The molecule has 1 spiro atoms. The van der Waals surface area contributed by atoms with E-state index in [1.54, 1.807) is 11.0 Å². The van der Waals surface area contributed by atoms with E-state index in [9.17, 15) is 14.0 Å². The van der Waals surface area contributed by atoms with Crippen LogP contribution >= 0.6 is 11.8 Å². The van der Waals surface area contributed by atoms with Crippen molar-refractivity contribution in [2.75, 3.05) is 53.3 Å². The number of carbonyl (C=O) groups is 2. The molecule has 1 atom stereocenters. The third-order valence-electron chi connectivity index (χ3n) is 7.44. The Morgan fingerprint density at radius 2 is 1.51 bits per heavy atom. The van der Waals surface area contributed by atoms with Crippen molar-refractivity contribution < 1.29 is 14.0 Å². The minimum atomic E-state index is -1.11. The van der Waals surface area contributed by atoms with Crippen LogP contribution in [0.5, 0.6) is 0 Å². The third-order valence-corrected chi connectivity index (χ3v) is 8.82. The highest BCUT2D eigenvalue weighted by Crippen LogP contribution is 2.55. The van der Waals surface area contributed by atoms with Crippen LogP contribution in [0, 0.1) is 19.7 Å². The zero-order valence-electron chi connectivity index (χ0n) is 21.0. The van der Waals surface area contributed by atoms with Crippen LogP contribution < -0.4 is 14.7 Å². The number of thioether (sulfide) groups is 1. The van der Waals surface area contributed by atoms with Crippen LogP contribution in [-0.4, -0.2) is 55.3 Å². The summed E-state index contributed by atoms with van der Waals surface area (Å²) in [4.78, 5) is 34.3. The number of halogens is 1. The van der Waals surface area contributed by atoms with Crippen molar-refractivity contribution in [3.05, 3.63) is 89.2 Å². The van der Waals surface area contributed by atoms with Gasteiger partial charge in [0.05, 0.1) is 23.8 Å². The van der Waals surface area contributed by atoms with E-state index in [2.05, 4.69) is 15.9 Å². The first-order chi connectivity index (χ1) is 17.9. The average Bonchev–Trinajstić information content (AvgIpc) is 3.35. The SMILES string of the molecule is Cc1cc(C)cc(N2C(=O)CS[C@]23C(=O)N(CN2CCN(c4ccccc4F)CC2)c2ccccc23)c1. The number of aryl methyl sites for hydroxylation is 2. The number of rotatable bonds is 4. The van der Waals surface area contributed by atoms with Gasteiger partial charge in [-0.05, 0) is 55.3 Å². The topological polar surface area (TPSA) is 47.1 Å². The lowest BCUT2D eigenvalue weighted by Gasteiger charge is -2.38. The maximum absolute atomic E-state index is 14.3. The largest absolute Gasteiger partial charge is 0.367 e. The van der Waals surface area contributed by atoms with E-state index in [-0.39, 0.29) is 23.4 Å². The number of amides is 2. The molecule has 8 heteroatoms. The fourth-order valence-electron chi connectivity index (χ4n) is 5.81. The summed E-state index contributed by atoms with van der Waals surface area (Å²) in [5.41, 5.74) is 5.20. The summed E-state index contributed by atoms with van der Waals surface area (Å²) in [7, 11) is 0. The molecular formula is C29H29FN4O2S. The predicted molar refractivity (Wildman–Crippen MR) is 147 cm³/mol. The quantitative estimate of drug-likeness (QED) is 0.511. The predicted octanol–water partition coefficient (Wildman–Crippen LogP) is 4.50. The van der Waals surface area contributed by atoms with Gasteiger partial charge in [-0.2, -0.15) is 0 Å². The molecule has 3 aliphatic rings. The van der Waals surface area contributed by atoms with Crippen LogP contribution in [0.25, 0.3) is 0 Å². The van der Waals surface area contributed by atoms with Gasteiger partial charge in [-0.3, -0.25) is 24.3 Å². The zero-order chi connectivity index (χ0) is 25.7. The van der Waals surface area contributed by atoms with Crippen LogP contribution in [-0.2, 0) is 14.5 Å². The van der Waals surface area contributed by atoms with E-state index in [0.717, 1.165) is 28.1 Å². The number of benzene rings is 3. The van der Waals surface area contributed by atoms with Crippen molar-refractivity contribution >= 4 is 40.6 Å². The van der Waals surface area contributed by atoms with E-state index in [0.29, 0.717) is 38.5 Å². The summed E-state index contributed by atoms with van der Waals surface area (Å²) in [5.74, 6) is -0.0999. The maximum atomic E-state index is 14.3. The highest BCUT2D eigenvalue weighted by molar-refractivity contribution is 8.02. The first kappa shape index (κ1) is 24.0. The Kier molecular flexibility index (Phi) is 5.96. The van der Waals surface area contributed by atoms with E-state index in [1.807, 2.05) is 67.3 Å². The minimum Gasteiger partial charge on any atom is -0.367 e. The molecule has 2 amide bonds. The summed E-state index contributed by atoms with van der Waals surface area (Å²) in [5, 5.41) is 0. The second kappa shape index (κ2) is 9.19. The fourth-order valence-corrected chi connectivity index (χ4v) is 7.17. The number of anilines is 3. The molecule has 0 bridgehead atoms. The number of nitrogens with zero attached hydrogens (tertiary/aromatic N) is 4. The summed E-state index contributed by atoms with van der Waals surface area (Å²) in [6, 6.07) is 20.7. The molecule has 0 N–H and O–H groups in total. The molecule has 37 heavy (non-hydrogen) atoms. The Morgan fingerprint density at radius 1 is 0.865 bits per heavy atom. The molecule has 6 rings (SSSR count). The minimum absolute atomic E-state index is 0.0569. The lowest BCUT2D eigenvalue weighted by molar-refractivity contribution is -0.124. The van der Waals surface area contributed by atoms with Gasteiger partial charge < -0.3 is 4.90 Å². The van der Waals surface area contributed by atoms with Gasteiger partial charge in [-0.15, -0.1) is 11.8 Å². The number of piperazine rings is 1. The molecule has 3 aromatic rings. The molecule has 0 aromatic heterocycles. The van der Waals surface area contributed by atoms with Gasteiger partial charge in [0.15, 0.2) is 0 Å². The number of hydrogen-bond donors (Lipinski definition) is 0. The summed E-state index contributed by atoms with van der Waals surface area (Å²) >= 11 is 1.41. The van der Waals surface area contributed by atoms with Crippen LogP contribution in [0.1, 0.15) is 16.7 Å². The van der Waals surface area contributed by atoms with Crippen LogP contribution in [0.3, 0.4) is 0 Å². The number of fused-ring (bicyclic) bond motifs is 2. The molecule has 2 fully saturated rings. The Bertz CT molecular complexity index is 1370. The molecule has 190 valence electrons. The molecule has 0 unspecified atom stereocenters. The summed E-state index contributed by atoms with van der Waals surface area (Å²) < 4.78 is 14.3. The lowest BCUT2D eigenvalue weighted by Crippen LogP contribution is -2.54. The maximum Gasteiger partial charge on any atom is 0.269 e. The van der Waals surface area contributed by atoms with Crippen LogP contribution in [0.2, 0.25) is 0 Å². The van der Waals surface area contributed by atoms with E-state index in [4.69, 9.17) is 0 Å². The normalized spacial score (nSPS) is 21.9. The van der Waals surface area contributed by atoms with Crippen molar-refractivity contribution in [3.8, 4) is 0 Å². The number of hydrogen-bond acceptors (Lipinski definition) is 5. The van der Waals surface area contributed by atoms with Gasteiger partial charge in [0, 0.05) is 37.4 Å². The molecule has 0 radical (unpaired) electrons. The Balaban J connectivity index is 1.29. The number of carbonyl (C=O) groups excluding carboxylic acids is 2. The monoisotopic (exact) mass is 516 g/mol. The van der Waals surface area contributed by atoms with Crippen molar-refractivity contribution in [1.82, 2.24) is 4.90 Å². The molecule has 3 aliphatic heterocycles. The first-order valence-corrected chi connectivity index (χ1v) is 13.6. The summed E-state index contributed by atoms with van der Waals surface area (Å²) in [6.07, 6.45) is 0.